The van der Waals surface area contributed by atoms with Gasteiger partial charge in [0.05, 0.1) is 0 Å². The van der Waals surface area contributed by atoms with E-state index in [9.17, 15) is 0 Å². The lowest BCUT2D eigenvalue weighted by Crippen LogP contribution is -1.82. The fourth-order valence-corrected chi connectivity index (χ4v) is 2.56. The van der Waals surface area contributed by atoms with Gasteiger partial charge in [-0.1, -0.05) is 56.1 Å². The van der Waals surface area contributed by atoms with Crippen molar-refractivity contribution >= 4 is 31.9 Å². The van der Waals surface area contributed by atoms with Crippen LogP contribution in [0.3, 0.4) is 0 Å². The number of oxazole rings is 1. The van der Waals surface area contributed by atoms with E-state index in [0.717, 1.165) is 31.5 Å². The standard InChI is InChI=1S/C16H11Br2NO/c1-10-19-15(11-2-6-13(17)7-3-11)16(20-10)12-4-8-14(18)9-5-12/h2-9H,1H3. The molecule has 1 heterocycles. The summed E-state index contributed by atoms with van der Waals surface area (Å²) in [5.41, 5.74) is 2.94. The molecule has 0 spiro atoms. The summed E-state index contributed by atoms with van der Waals surface area (Å²) in [4.78, 5) is 4.52. The van der Waals surface area contributed by atoms with Crippen molar-refractivity contribution in [1.29, 1.82) is 0 Å². The highest BCUT2D eigenvalue weighted by molar-refractivity contribution is 9.10. The van der Waals surface area contributed by atoms with E-state index in [0.29, 0.717) is 5.89 Å². The first-order chi connectivity index (χ1) is 9.63. The van der Waals surface area contributed by atoms with Gasteiger partial charge >= 0.3 is 0 Å². The van der Waals surface area contributed by atoms with Crippen LogP contribution in [0.4, 0.5) is 0 Å². The molecule has 1 aromatic heterocycles. The van der Waals surface area contributed by atoms with E-state index in [4.69, 9.17) is 4.42 Å². The summed E-state index contributed by atoms with van der Waals surface area (Å²) in [6.07, 6.45) is 0. The van der Waals surface area contributed by atoms with Crippen LogP contribution in [0.1, 0.15) is 5.89 Å². The van der Waals surface area contributed by atoms with Crippen LogP contribution in [0.2, 0.25) is 0 Å². The zero-order chi connectivity index (χ0) is 14.1. The van der Waals surface area contributed by atoms with Gasteiger partial charge in [-0.2, -0.15) is 0 Å². The van der Waals surface area contributed by atoms with Crippen molar-refractivity contribution < 1.29 is 4.42 Å². The Bertz CT molecular complexity index is 667. The normalized spacial score (nSPS) is 10.8. The van der Waals surface area contributed by atoms with Gasteiger partial charge in [-0.3, -0.25) is 0 Å². The molecule has 100 valence electrons. The van der Waals surface area contributed by atoms with E-state index in [1.165, 1.54) is 0 Å². The Morgan fingerprint density at radius 3 is 1.85 bits per heavy atom. The molecule has 0 aliphatic carbocycles. The Hall–Kier alpha value is -1.39. The summed E-state index contributed by atoms with van der Waals surface area (Å²) in [6, 6.07) is 16.1. The minimum atomic E-state index is 0.667. The van der Waals surface area contributed by atoms with Crippen molar-refractivity contribution in [3.63, 3.8) is 0 Å². The molecule has 3 aromatic rings. The number of benzene rings is 2. The highest BCUT2D eigenvalue weighted by Gasteiger charge is 2.14. The molecule has 0 radical (unpaired) electrons. The number of halogens is 2. The fourth-order valence-electron chi connectivity index (χ4n) is 2.03. The molecule has 0 amide bonds. The molecule has 0 atom stereocenters. The van der Waals surface area contributed by atoms with Crippen LogP contribution in [0.5, 0.6) is 0 Å². The van der Waals surface area contributed by atoms with Crippen LogP contribution in [0.15, 0.2) is 61.9 Å². The number of hydrogen-bond acceptors (Lipinski definition) is 2. The molecule has 0 fully saturated rings. The van der Waals surface area contributed by atoms with E-state index in [2.05, 4.69) is 36.8 Å². The van der Waals surface area contributed by atoms with Crippen LogP contribution >= 0.6 is 31.9 Å². The van der Waals surface area contributed by atoms with Crippen LogP contribution < -0.4 is 0 Å². The second-order valence-corrected chi connectivity index (χ2v) is 6.26. The minimum absolute atomic E-state index is 0.667. The molecular formula is C16H11Br2NO. The first-order valence-electron chi connectivity index (χ1n) is 6.13. The molecule has 4 heteroatoms. The van der Waals surface area contributed by atoms with Crippen molar-refractivity contribution in [3.8, 4) is 22.6 Å². The number of nitrogens with zero attached hydrogens (tertiary/aromatic N) is 1. The van der Waals surface area contributed by atoms with Crippen molar-refractivity contribution in [2.75, 3.05) is 0 Å². The van der Waals surface area contributed by atoms with E-state index in [-0.39, 0.29) is 0 Å². The lowest BCUT2D eigenvalue weighted by Gasteiger charge is -2.02. The highest BCUT2D eigenvalue weighted by Crippen LogP contribution is 2.33. The topological polar surface area (TPSA) is 26.0 Å². The van der Waals surface area contributed by atoms with E-state index in [1.807, 2.05) is 55.5 Å². The van der Waals surface area contributed by atoms with Gasteiger partial charge in [0, 0.05) is 27.0 Å². The molecule has 0 saturated heterocycles. The number of aryl methyl sites for hydroxylation is 1. The second-order valence-electron chi connectivity index (χ2n) is 4.42. The molecule has 0 bridgehead atoms. The predicted molar refractivity (Wildman–Crippen MR) is 87.5 cm³/mol. The predicted octanol–water partition coefficient (Wildman–Crippen LogP) is 5.84. The average molecular weight is 393 g/mol. The van der Waals surface area contributed by atoms with Crippen molar-refractivity contribution in [1.82, 2.24) is 4.98 Å². The Morgan fingerprint density at radius 1 is 0.800 bits per heavy atom. The SMILES string of the molecule is Cc1nc(-c2ccc(Br)cc2)c(-c2ccc(Br)cc2)o1. The Kier molecular flexibility index (Phi) is 3.76. The Morgan fingerprint density at radius 2 is 1.30 bits per heavy atom. The molecule has 3 rings (SSSR count). The molecule has 2 aromatic carbocycles. The van der Waals surface area contributed by atoms with Gasteiger partial charge in [-0.15, -0.1) is 0 Å². The third kappa shape index (κ3) is 2.72. The van der Waals surface area contributed by atoms with Crippen LogP contribution in [-0.4, -0.2) is 4.98 Å². The number of rotatable bonds is 2. The van der Waals surface area contributed by atoms with Crippen LogP contribution in [0.25, 0.3) is 22.6 Å². The smallest absolute Gasteiger partial charge is 0.192 e. The number of aromatic nitrogens is 1. The van der Waals surface area contributed by atoms with Gasteiger partial charge in [-0.05, 0) is 24.3 Å². The third-order valence-electron chi connectivity index (χ3n) is 2.96. The molecule has 20 heavy (non-hydrogen) atoms. The van der Waals surface area contributed by atoms with Crippen molar-refractivity contribution in [2.24, 2.45) is 0 Å². The first kappa shape index (κ1) is 13.6. The Balaban J connectivity index is 2.12. The molecule has 0 unspecified atom stereocenters. The largest absolute Gasteiger partial charge is 0.440 e. The zero-order valence-corrected chi connectivity index (χ0v) is 13.9. The first-order valence-corrected chi connectivity index (χ1v) is 7.71. The number of hydrogen-bond donors (Lipinski definition) is 0. The molecule has 0 aliphatic heterocycles. The van der Waals surface area contributed by atoms with Crippen molar-refractivity contribution in [3.05, 3.63) is 63.4 Å². The molecule has 0 aliphatic rings. The molecule has 0 saturated carbocycles. The summed E-state index contributed by atoms with van der Waals surface area (Å²) in [5.74, 6) is 1.47. The summed E-state index contributed by atoms with van der Waals surface area (Å²) in [7, 11) is 0. The quantitative estimate of drug-likeness (QED) is 0.547. The summed E-state index contributed by atoms with van der Waals surface area (Å²) in [5, 5.41) is 0. The lowest BCUT2D eigenvalue weighted by molar-refractivity contribution is 0.534. The van der Waals surface area contributed by atoms with E-state index in [1.54, 1.807) is 0 Å². The third-order valence-corrected chi connectivity index (χ3v) is 4.02. The van der Waals surface area contributed by atoms with Crippen LogP contribution in [0, 0.1) is 6.92 Å². The van der Waals surface area contributed by atoms with Gasteiger partial charge in [0.25, 0.3) is 0 Å². The maximum absolute atomic E-state index is 5.79. The molecule has 0 N–H and O–H groups in total. The Labute approximate surface area is 134 Å². The molecule has 2 nitrogen and oxygen atoms in total. The average Bonchev–Trinajstić information content (AvgIpc) is 2.82. The lowest BCUT2D eigenvalue weighted by atomic mass is 10.1. The minimum Gasteiger partial charge on any atom is -0.440 e. The van der Waals surface area contributed by atoms with E-state index < -0.39 is 0 Å². The molecular weight excluding hydrogens is 382 g/mol. The van der Waals surface area contributed by atoms with E-state index >= 15 is 0 Å². The van der Waals surface area contributed by atoms with Gasteiger partial charge in [0.15, 0.2) is 11.7 Å². The maximum Gasteiger partial charge on any atom is 0.192 e. The fraction of sp³-hybridized carbons (Fsp3) is 0.0625. The summed E-state index contributed by atoms with van der Waals surface area (Å²) >= 11 is 6.89. The van der Waals surface area contributed by atoms with Gasteiger partial charge in [0.1, 0.15) is 5.69 Å². The highest BCUT2D eigenvalue weighted by atomic mass is 79.9. The maximum atomic E-state index is 5.79. The van der Waals surface area contributed by atoms with Gasteiger partial charge in [0.2, 0.25) is 0 Å². The zero-order valence-electron chi connectivity index (χ0n) is 10.7. The van der Waals surface area contributed by atoms with Crippen LogP contribution in [-0.2, 0) is 0 Å². The van der Waals surface area contributed by atoms with Gasteiger partial charge in [-0.25, -0.2) is 4.98 Å². The summed E-state index contributed by atoms with van der Waals surface area (Å²) in [6.45, 7) is 1.87. The monoisotopic (exact) mass is 391 g/mol. The van der Waals surface area contributed by atoms with Crippen molar-refractivity contribution in [2.45, 2.75) is 6.92 Å². The van der Waals surface area contributed by atoms with Gasteiger partial charge < -0.3 is 4.42 Å². The summed E-state index contributed by atoms with van der Waals surface area (Å²) < 4.78 is 7.88. The second kappa shape index (κ2) is 5.54.